The number of nitrogens with zero attached hydrogens (tertiary/aromatic N) is 1. The van der Waals surface area contributed by atoms with E-state index in [1.807, 2.05) is 0 Å². The summed E-state index contributed by atoms with van der Waals surface area (Å²) < 4.78 is 16.9. The molecule has 0 radical (unpaired) electrons. The second-order valence-electron chi connectivity index (χ2n) is 8.36. The van der Waals surface area contributed by atoms with Crippen molar-refractivity contribution in [3.05, 3.63) is 35.9 Å². The first-order valence-electron chi connectivity index (χ1n) is 11.6. The van der Waals surface area contributed by atoms with Crippen LogP contribution in [0.4, 0.5) is 0 Å². The van der Waals surface area contributed by atoms with Gasteiger partial charge in [-0.1, -0.05) is 30.3 Å². The van der Waals surface area contributed by atoms with Gasteiger partial charge in [0.2, 0.25) is 0 Å². The lowest BCUT2D eigenvalue weighted by Crippen LogP contribution is -2.41. The number of ether oxygens (including phenoxy) is 3. The third-order valence-electron chi connectivity index (χ3n) is 6.17. The van der Waals surface area contributed by atoms with Gasteiger partial charge in [-0.15, -0.1) is 24.0 Å². The Balaban J connectivity index is 0.00000341. The molecule has 2 heterocycles. The van der Waals surface area contributed by atoms with Crippen molar-refractivity contribution in [1.29, 1.82) is 0 Å². The maximum Gasteiger partial charge on any atom is 0.191 e. The van der Waals surface area contributed by atoms with Gasteiger partial charge in [0.05, 0.1) is 6.54 Å². The van der Waals surface area contributed by atoms with E-state index in [-0.39, 0.29) is 29.4 Å². The molecule has 7 heteroatoms. The van der Waals surface area contributed by atoms with Gasteiger partial charge in [0.1, 0.15) is 0 Å². The SMILES string of the molecule is CCNC(=NCC1(c2ccccc2)CCOCC1)NCCCOCC1CCOCC1.I. The monoisotopic (exact) mass is 545 g/mol. The summed E-state index contributed by atoms with van der Waals surface area (Å²) in [6, 6.07) is 10.8. The summed E-state index contributed by atoms with van der Waals surface area (Å²) >= 11 is 0. The number of benzene rings is 1. The van der Waals surface area contributed by atoms with Gasteiger partial charge in [0.25, 0.3) is 0 Å². The number of nitrogens with one attached hydrogen (secondary N) is 2. The molecule has 0 atom stereocenters. The molecule has 2 N–H and O–H groups in total. The summed E-state index contributed by atoms with van der Waals surface area (Å²) in [5.74, 6) is 1.56. The number of halogens is 1. The first-order chi connectivity index (χ1) is 14.8. The molecular formula is C24H40IN3O3. The lowest BCUT2D eigenvalue weighted by atomic mass is 9.74. The number of rotatable bonds is 10. The van der Waals surface area contributed by atoms with E-state index >= 15 is 0 Å². The molecular weight excluding hydrogens is 505 g/mol. The average Bonchev–Trinajstić information content (AvgIpc) is 2.81. The molecule has 0 bridgehead atoms. The van der Waals surface area contributed by atoms with Crippen LogP contribution in [0.1, 0.15) is 44.6 Å². The Labute approximate surface area is 204 Å². The Kier molecular flexibility index (Phi) is 12.8. The number of aliphatic imine (C=N–C) groups is 1. The van der Waals surface area contributed by atoms with E-state index < -0.39 is 0 Å². The van der Waals surface area contributed by atoms with E-state index in [0.29, 0.717) is 5.92 Å². The Hall–Kier alpha value is -0.900. The zero-order valence-electron chi connectivity index (χ0n) is 18.9. The summed E-state index contributed by atoms with van der Waals surface area (Å²) in [6.45, 7) is 9.62. The van der Waals surface area contributed by atoms with Crippen LogP contribution >= 0.6 is 24.0 Å². The Morgan fingerprint density at radius 2 is 1.77 bits per heavy atom. The normalized spacial score (nSPS) is 19.5. The van der Waals surface area contributed by atoms with Crippen molar-refractivity contribution in [2.75, 3.05) is 59.3 Å². The van der Waals surface area contributed by atoms with E-state index in [4.69, 9.17) is 19.2 Å². The molecule has 2 fully saturated rings. The fourth-order valence-electron chi connectivity index (χ4n) is 4.21. The minimum absolute atomic E-state index is 0. The van der Waals surface area contributed by atoms with Crippen LogP contribution in [0.2, 0.25) is 0 Å². The summed E-state index contributed by atoms with van der Waals surface area (Å²) in [5.41, 5.74) is 1.43. The topological polar surface area (TPSA) is 64.1 Å². The van der Waals surface area contributed by atoms with Crippen molar-refractivity contribution in [2.24, 2.45) is 10.9 Å². The van der Waals surface area contributed by atoms with Gasteiger partial charge < -0.3 is 24.8 Å². The van der Waals surface area contributed by atoms with Gasteiger partial charge in [-0.2, -0.15) is 0 Å². The van der Waals surface area contributed by atoms with E-state index in [9.17, 15) is 0 Å². The predicted octanol–water partition coefficient (Wildman–Crippen LogP) is 3.74. The van der Waals surface area contributed by atoms with Crippen LogP contribution in [0.25, 0.3) is 0 Å². The van der Waals surface area contributed by atoms with Crippen molar-refractivity contribution < 1.29 is 14.2 Å². The lowest BCUT2D eigenvalue weighted by molar-refractivity contribution is 0.0203. The summed E-state index contributed by atoms with van der Waals surface area (Å²) in [4.78, 5) is 4.96. The molecule has 3 rings (SSSR count). The van der Waals surface area contributed by atoms with Crippen molar-refractivity contribution in [3.63, 3.8) is 0 Å². The van der Waals surface area contributed by atoms with Crippen LogP contribution in [-0.2, 0) is 19.6 Å². The van der Waals surface area contributed by atoms with Gasteiger partial charge in [0.15, 0.2) is 5.96 Å². The first-order valence-corrected chi connectivity index (χ1v) is 11.6. The van der Waals surface area contributed by atoms with Crippen LogP contribution in [0.3, 0.4) is 0 Å². The molecule has 0 spiro atoms. The molecule has 31 heavy (non-hydrogen) atoms. The highest BCUT2D eigenvalue weighted by molar-refractivity contribution is 14.0. The van der Waals surface area contributed by atoms with Crippen molar-refractivity contribution >= 4 is 29.9 Å². The van der Waals surface area contributed by atoms with Crippen molar-refractivity contribution in [2.45, 2.75) is 44.4 Å². The minimum Gasteiger partial charge on any atom is -0.381 e. The molecule has 0 aliphatic carbocycles. The van der Waals surface area contributed by atoms with Gasteiger partial charge in [-0.25, -0.2) is 0 Å². The zero-order chi connectivity index (χ0) is 20.9. The molecule has 2 aliphatic heterocycles. The van der Waals surface area contributed by atoms with Crippen LogP contribution in [0, 0.1) is 5.92 Å². The molecule has 1 aromatic rings. The highest BCUT2D eigenvalue weighted by Gasteiger charge is 2.34. The van der Waals surface area contributed by atoms with Crippen LogP contribution < -0.4 is 10.6 Å². The molecule has 2 saturated heterocycles. The second-order valence-corrected chi connectivity index (χ2v) is 8.36. The molecule has 0 saturated carbocycles. The van der Waals surface area contributed by atoms with E-state index in [0.717, 1.165) is 97.3 Å². The highest BCUT2D eigenvalue weighted by atomic mass is 127. The standard InChI is InChI=1S/C24H39N3O3.HI/c1-2-25-23(26-13-6-14-30-19-21-9-15-28-16-10-21)27-20-24(11-17-29-18-12-24)22-7-4-3-5-8-22;/h3-5,7-8,21H,2,6,9-20H2,1H3,(H2,25,26,27);1H. The highest BCUT2D eigenvalue weighted by Crippen LogP contribution is 2.35. The Morgan fingerprint density at radius 1 is 1.06 bits per heavy atom. The fourth-order valence-corrected chi connectivity index (χ4v) is 4.21. The van der Waals surface area contributed by atoms with Gasteiger partial charge in [0, 0.05) is 58.1 Å². The van der Waals surface area contributed by atoms with Crippen LogP contribution in [0.15, 0.2) is 35.3 Å². The van der Waals surface area contributed by atoms with Gasteiger partial charge in [-0.05, 0) is 50.5 Å². The summed E-state index contributed by atoms with van der Waals surface area (Å²) in [7, 11) is 0. The lowest BCUT2D eigenvalue weighted by Gasteiger charge is -2.36. The zero-order valence-corrected chi connectivity index (χ0v) is 21.3. The fraction of sp³-hybridized carbons (Fsp3) is 0.708. The largest absolute Gasteiger partial charge is 0.381 e. The number of hydrogen-bond acceptors (Lipinski definition) is 4. The number of guanidine groups is 1. The Bertz CT molecular complexity index is 618. The average molecular weight is 546 g/mol. The van der Waals surface area contributed by atoms with Crippen molar-refractivity contribution in [3.8, 4) is 0 Å². The third kappa shape index (κ3) is 8.86. The molecule has 176 valence electrons. The summed E-state index contributed by atoms with van der Waals surface area (Å²) in [6.07, 6.45) is 5.26. The maximum atomic E-state index is 5.87. The van der Waals surface area contributed by atoms with Crippen molar-refractivity contribution in [1.82, 2.24) is 10.6 Å². The molecule has 0 aromatic heterocycles. The second kappa shape index (κ2) is 15.0. The van der Waals surface area contributed by atoms with Gasteiger partial charge in [-0.3, -0.25) is 4.99 Å². The maximum absolute atomic E-state index is 5.87. The minimum atomic E-state index is 0. The predicted molar refractivity (Wildman–Crippen MR) is 137 cm³/mol. The molecule has 2 aliphatic rings. The van der Waals surface area contributed by atoms with E-state index in [2.05, 4.69) is 47.9 Å². The third-order valence-corrected chi connectivity index (χ3v) is 6.17. The smallest absolute Gasteiger partial charge is 0.191 e. The Morgan fingerprint density at radius 3 is 2.48 bits per heavy atom. The molecule has 1 aromatic carbocycles. The van der Waals surface area contributed by atoms with Crippen LogP contribution in [0.5, 0.6) is 0 Å². The number of hydrogen-bond donors (Lipinski definition) is 2. The first kappa shape index (κ1) is 26.4. The molecule has 6 nitrogen and oxygen atoms in total. The molecule has 0 unspecified atom stereocenters. The summed E-state index contributed by atoms with van der Waals surface area (Å²) in [5, 5.41) is 6.86. The van der Waals surface area contributed by atoms with Gasteiger partial charge >= 0.3 is 0 Å². The van der Waals surface area contributed by atoms with Crippen LogP contribution in [-0.4, -0.2) is 65.2 Å². The van der Waals surface area contributed by atoms with E-state index in [1.165, 1.54) is 5.56 Å². The quantitative estimate of drug-likeness (QED) is 0.203. The van der Waals surface area contributed by atoms with E-state index in [1.54, 1.807) is 0 Å². The molecule has 0 amide bonds.